The van der Waals surface area contributed by atoms with Crippen LogP contribution < -0.4 is 0 Å². The molecule has 2 rings (SSSR count). The van der Waals surface area contributed by atoms with Gasteiger partial charge in [-0.2, -0.15) is 0 Å². The van der Waals surface area contributed by atoms with E-state index in [2.05, 4.69) is 0 Å². The Bertz CT molecular complexity index is 643. The van der Waals surface area contributed by atoms with Crippen LogP contribution in [0.1, 0.15) is 46.6 Å². The molecule has 7 heteroatoms. The summed E-state index contributed by atoms with van der Waals surface area (Å²) in [6, 6.07) is 3.67. The fourth-order valence-electron chi connectivity index (χ4n) is 2.53. The molecule has 1 fully saturated rings. The maximum absolute atomic E-state index is 15.2. The normalized spacial score (nSPS) is 19.9. The lowest BCUT2D eigenvalue weighted by atomic mass is 9.81. The summed E-state index contributed by atoms with van der Waals surface area (Å²) < 4.78 is 59.6. The predicted octanol–water partition coefficient (Wildman–Crippen LogP) is 4.70. The van der Waals surface area contributed by atoms with Gasteiger partial charge in [-0.3, -0.25) is 0 Å². The lowest BCUT2D eigenvalue weighted by molar-refractivity contribution is 0.00578. The monoisotopic (exact) mass is 356 g/mol. The summed E-state index contributed by atoms with van der Waals surface area (Å²) in [5.74, 6) is -2.13. The van der Waals surface area contributed by atoms with E-state index in [4.69, 9.17) is 14.0 Å². The Morgan fingerprint density at radius 1 is 1.12 bits per heavy atom. The summed E-state index contributed by atoms with van der Waals surface area (Å²) in [5.41, 5.74) is -2.39. The predicted molar refractivity (Wildman–Crippen MR) is 91.6 cm³/mol. The topological polar surface area (TPSA) is 27.7 Å². The maximum atomic E-state index is 15.2. The number of benzene rings is 1. The van der Waals surface area contributed by atoms with Crippen molar-refractivity contribution in [2.75, 3.05) is 13.2 Å². The van der Waals surface area contributed by atoms with Crippen molar-refractivity contribution >= 4 is 12.7 Å². The number of ether oxygens (including phenoxy) is 1. The fraction of sp³-hybridized carbons (Fsp3) is 0.556. The molecule has 0 unspecified atom stereocenters. The highest BCUT2D eigenvalue weighted by Crippen LogP contribution is 2.41. The van der Waals surface area contributed by atoms with Crippen LogP contribution in [0.4, 0.5) is 13.2 Å². The highest BCUT2D eigenvalue weighted by Gasteiger charge is 2.53. The van der Waals surface area contributed by atoms with E-state index in [0.29, 0.717) is 6.61 Å². The van der Waals surface area contributed by atoms with Gasteiger partial charge in [0.2, 0.25) is 0 Å². The van der Waals surface area contributed by atoms with Crippen molar-refractivity contribution in [3.05, 3.63) is 41.1 Å². The summed E-state index contributed by atoms with van der Waals surface area (Å²) in [4.78, 5) is 0. The minimum atomic E-state index is -1.27. The van der Waals surface area contributed by atoms with Gasteiger partial charge >= 0.3 is 7.12 Å². The highest BCUT2D eigenvalue weighted by molar-refractivity contribution is 6.55. The molecule has 1 aliphatic heterocycles. The van der Waals surface area contributed by atoms with E-state index in [1.54, 1.807) is 34.6 Å². The van der Waals surface area contributed by atoms with Crippen molar-refractivity contribution in [2.24, 2.45) is 0 Å². The Kier molecular flexibility index (Phi) is 6.02. The van der Waals surface area contributed by atoms with Crippen molar-refractivity contribution < 1.29 is 27.2 Å². The van der Waals surface area contributed by atoms with Gasteiger partial charge in [0.15, 0.2) is 11.6 Å². The molecule has 0 amide bonds. The van der Waals surface area contributed by atoms with E-state index < -0.39 is 35.7 Å². The van der Waals surface area contributed by atoms with Crippen molar-refractivity contribution in [2.45, 2.75) is 52.2 Å². The third-order valence-corrected chi connectivity index (χ3v) is 4.73. The molecule has 1 heterocycles. The van der Waals surface area contributed by atoms with Crippen LogP contribution in [0.5, 0.6) is 0 Å². The minimum Gasteiger partial charge on any atom is -0.398 e. The largest absolute Gasteiger partial charge is 0.525 e. The second kappa shape index (κ2) is 7.52. The standard InChI is InChI=1S/C18H24BF3O3/c1-6-23-11-10-13(12-8-7-9-14(20)15(12)21)16(22)19-24-17(2,3)18(4,5)25-19/h7-9H,6,10-11H2,1-5H3. The van der Waals surface area contributed by atoms with Crippen LogP contribution in [-0.4, -0.2) is 31.5 Å². The lowest BCUT2D eigenvalue weighted by Crippen LogP contribution is -2.41. The Morgan fingerprint density at radius 3 is 2.28 bits per heavy atom. The molecule has 138 valence electrons. The smallest absolute Gasteiger partial charge is 0.398 e. The van der Waals surface area contributed by atoms with Crippen LogP contribution in [0.15, 0.2) is 23.9 Å². The van der Waals surface area contributed by atoms with E-state index in [1.165, 1.54) is 12.1 Å². The second-order valence-electron chi connectivity index (χ2n) is 6.96. The maximum Gasteiger partial charge on any atom is 0.525 e. The number of hydrogen-bond acceptors (Lipinski definition) is 3. The molecule has 0 aliphatic carbocycles. The van der Waals surface area contributed by atoms with Crippen LogP contribution >= 0.6 is 0 Å². The third kappa shape index (κ3) is 4.10. The SMILES string of the molecule is CCOCCC(=C(F)B1OC(C)(C)C(C)(C)O1)c1cccc(F)c1F. The first-order valence-corrected chi connectivity index (χ1v) is 8.37. The zero-order valence-electron chi connectivity index (χ0n) is 15.3. The summed E-state index contributed by atoms with van der Waals surface area (Å²) >= 11 is 0. The third-order valence-electron chi connectivity index (χ3n) is 4.73. The molecule has 25 heavy (non-hydrogen) atoms. The van der Waals surface area contributed by atoms with Gasteiger partial charge < -0.3 is 14.0 Å². The average molecular weight is 356 g/mol. The van der Waals surface area contributed by atoms with Gasteiger partial charge in [-0.25, -0.2) is 13.2 Å². The number of rotatable bonds is 6. The summed E-state index contributed by atoms with van der Waals surface area (Å²) in [6.45, 7) is 9.60. The Labute approximate surface area is 147 Å². The van der Waals surface area contributed by atoms with E-state index in [0.717, 1.165) is 6.07 Å². The van der Waals surface area contributed by atoms with Crippen molar-refractivity contribution in [1.82, 2.24) is 0 Å². The van der Waals surface area contributed by atoms with Gasteiger partial charge in [0, 0.05) is 12.2 Å². The first-order valence-electron chi connectivity index (χ1n) is 8.37. The van der Waals surface area contributed by atoms with Gasteiger partial charge in [-0.15, -0.1) is 0 Å². The molecule has 1 aliphatic rings. The van der Waals surface area contributed by atoms with Gasteiger partial charge in [0.25, 0.3) is 0 Å². The molecule has 0 aromatic heterocycles. The first-order chi connectivity index (χ1) is 11.6. The average Bonchev–Trinajstić information content (AvgIpc) is 2.75. The molecule has 0 radical (unpaired) electrons. The quantitative estimate of drug-likeness (QED) is 0.546. The summed E-state index contributed by atoms with van der Waals surface area (Å²) in [7, 11) is -1.27. The van der Waals surface area contributed by atoms with Crippen LogP contribution in [0.2, 0.25) is 0 Å². The lowest BCUT2D eigenvalue weighted by Gasteiger charge is -2.32. The zero-order valence-corrected chi connectivity index (χ0v) is 15.3. The number of halogens is 3. The molecule has 3 nitrogen and oxygen atoms in total. The van der Waals surface area contributed by atoms with E-state index in [1.807, 2.05) is 0 Å². The first kappa shape index (κ1) is 20.0. The van der Waals surface area contributed by atoms with Crippen molar-refractivity contribution in [3.63, 3.8) is 0 Å². The van der Waals surface area contributed by atoms with E-state index in [-0.39, 0.29) is 24.2 Å². The molecule has 0 N–H and O–H groups in total. The molecule has 1 saturated heterocycles. The molecule has 0 atom stereocenters. The van der Waals surface area contributed by atoms with E-state index in [9.17, 15) is 8.78 Å². The van der Waals surface area contributed by atoms with Crippen LogP contribution in [0.3, 0.4) is 0 Å². The van der Waals surface area contributed by atoms with Crippen LogP contribution in [-0.2, 0) is 14.0 Å². The molecule has 0 spiro atoms. The molecule has 1 aromatic rings. The van der Waals surface area contributed by atoms with Crippen molar-refractivity contribution in [3.8, 4) is 0 Å². The fourth-order valence-corrected chi connectivity index (χ4v) is 2.53. The molecule has 1 aromatic carbocycles. The van der Waals surface area contributed by atoms with Crippen LogP contribution in [0.25, 0.3) is 5.57 Å². The Hall–Kier alpha value is -1.31. The van der Waals surface area contributed by atoms with Crippen LogP contribution in [0, 0.1) is 11.6 Å². The minimum absolute atomic E-state index is 0.0102. The molecule has 0 bridgehead atoms. The molecule has 0 saturated carbocycles. The van der Waals surface area contributed by atoms with Gasteiger partial charge in [0.05, 0.1) is 17.8 Å². The Morgan fingerprint density at radius 2 is 1.72 bits per heavy atom. The number of hydrogen-bond donors (Lipinski definition) is 0. The van der Waals surface area contributed by atoms with Crippen molar-refractivity contribution in [1.29, 1.82) is 0 Å². The zero-order chi connectivity index (χ0) is 18.8. The van der Waals surface area contributed by atoms with E-state index >= 15 is 4.39 Å². The summed E-state index contributed by atoms with van der Waals surface area (Å²) in [5, 5.41) is 0. The molecular formula is C18H24BF3O3. The van der Waals surface area contributed by atoms with Gasteiger partial charge in [-0.1, -0.05) is 12.1 Å². The van der Waals surface area contributed by atoms with Gasteiger partial charge in [0.1, 0.15) is 5.73 Å². The molecular weight excluding hydrogens is 332 g/mol. The Balaban J connectivity index is 2.43. The highest BCUT2D eigenvalue weighted by atomic mass is 19.2. The second-order valence-corrected chi connectivity index (χ2v) is 6.96. The summed E-state index contributed by atoms with van der Waals surface area (Å²) in [6.07, 6.45) is 0.0735. The van der Waals surface area contributed by atoms with Gasteiger partial charge in [-0.05, 0) is 52.7 Å².